The van der Waals surface area contributed by atoms with Crippen LogP contribution in [0, 0.1) is 23.2 Å². The summed E-state index contributed by atoms with van der Waals surface area (Å²) in [6.45, 7) is 2.25. The van der Waals surface area contributed by atoms with E-state index in [2.05, 4.69) is 22.6 Å². The quantitative estimate of drug-likeness (QED) is 0.852. The Morgan fingerprint density at radius 2 is 1.91 bits per heavy atom. The zero-order valence-corrected chi connectivity index (χ0v) is 14.4. The average Bonchev–Trinajstić information content (AvgIpc) is 3.06. The summed E-state index contributed by atoms with van der Waals surface area (Å²) in [5, 5.41) is 5.39. The van der Waals surface area contributed by atoms with Crippen molar-refractivity contribution in [3.8, 4) is 0 Å². The normalized spacial score (nSPS) is 36.5. The van der Waals surface area contributed by atoms with E-state index in [1.54, 1.807) is 11.3 Å². The molecule has 2 aromatic heterocycles. The summed E-state index contributed by atoms with van der Waals surface area (Å²) in [5.41, 5.74) is 2.15. The van der Waals surface area contributed by atoms with Gasteiger partial charge in [0.2, 0.25) is 0 Å². The molecule has 0 spiro atoms. The minimum Gasteiger partial charge on any atom is -0.350 e. The molecule has 0 aromatic carbocycles. The number of aromatic nitrogens is 1. The highest BCUT2D eigenvalue weighted by Crippen LogP contribution is 2.61. The van der Waals surface area contributed by atoms with E-state index in [0.717, 1.165) is 28.0 Å². The van der Waals surface area contributed by atoms with Gasteiger partial charge in [-0.3, -0.25) is 4.79 Å². The highest BCUT2D eigenvalue weighted by Gasteiger charge is 2.53. The molecule has 2 N–H and O–H groups in total. The fourth-order valence-corrected chi connectivity index (χ4v) is 6.89. The van der Waals surface area contributed by atoms with Gasteiger partial charge in [-0.05, 0) is 86.1 Å². The number of hydrogen-bond donors (Lipinski definition) is 2. The van der Waals surface area contributed by atoms with Crippen molar-refractivity contribution in [2.45, 2.75) is 51.5 Å². The predicted octanol–water partition coefficient (Wildman–Crippen LogP) is 4.56. The van der Waals surface area contributed by atoms with Gasteiger partial charge in [-0.25, -0.2) is 0 Å². The van der Waals surface area contributed by atoms with Gasteiger partial charge in [0.15, 0.2) is 0 Å². The van der Waals surface area contributed by atoms with Crippen molar-refractivity contribution in [3.05, 3.63) is 23.2 Å². The van der Waals surface area contributed by atoms with Crippen molar-refractivity contribution >= 4 is 27.5 Å². The second-order valence-corrected chi connectivity index (χ2v) is 9.30. The maximum Gasteiger partial charge on any atom is 0.267 e. The zero-order chi connectivity index (χ0) is 15.6. The van der Waals surface area contributed by atoms with Crippen molar-refractivity contribution < 1.29 is 4.79 Å². The second kappa shape index (κ2) is 4.85. The lowest BCUT2D eigenvalue weighted by Crippen LogP contribution is -2.55. The summed E-state index contributed by atoms with van der Waals surface area (Å²) in [5.74, 6) is 2.85. The van der Waals surface area contributed by atoms with Crippen LogP contribution in [-0.2, 0) is 0 Å². The van der Waals surface area contributed by atoms with E-state index in [9.17, 15) is 4.79 Å². The van der Waals surface area contributed by atoms with Gasteiger partial charge in [0, 0.05) is 6.04 Å². The minimum atomic E-state index is 0.0663. The number of hydrogen-bond acceptors (Lipinski definition) is 2. The largest absolute Gasteiger partial charge is 0.350 e. The summed E-state index contributed by atoms with van der Waals surface area (Å²) in [7, 11) is 0. The van der Waals surface area contributed by atoms with Crippen LogP contribution in [0.2, 0.25) is 0 Å². The van der Waals surface area contributed by atoms with E-state index < -0.39 is 0 Å². The maximum atomic E-state index is 12.7. The van der Waals surface area contributed by atoms with Crippen LogP contribution >= 0.6 is 11.3 Å². The van der Waals surface area contributed by atoms with Crippen LogP contribution in [0.25, 0.3) is 10.2 Å². The molecule has 4 aliphatic carbocycles. The van der Waals surface area contributed by atoms with Crippen molar-refractivity contribution in [1.29, 1.82) is 0 Å². The van der Waals surface area contributed by atoms with Crippen LogP contribution in [0.1, 0.15) is 55.9 Å². The monoisotopic (exact) mass is 328 g/mol. The standard InChI is InChI=1S/C19H24N2OS/c1-11(19-8-12-4-13(9-19)6-14(5-12)10-19)20-18(22)16-7-17-15(21-16)2-3-23-17/h2-3,7,11-14,21H,4-6,8-10H2,1H3,(H,20,22). The molecule has 4 aliphatic rings. The molecule has 1 atom stereocenters. The van der Waals surface area contributed by atoms with Crippen molar-refractivity contribution in [1.82, 2.24) is 10.3 Å². The first-order chi connectivity index (χ1) is 11.1. The summed E-state index contributed by atoms with van der Waals surface area (Å²) in [6, 6.07) is 4.31. The number of H-pyrrole nitrogens is 1. The van der Waals surface area contributed by atoms with E-state index in [1.807, 2.05) is 12.1 Å². The average molecular weight is 328 g/mol. The summed E-state index contributed by atoms with van der Waals surface area (Å²) in [4.78, 5) is 15.9. The number of nitrogens with one attached hydrogen (secondary N) is 2. The van der Waals surface area contributed by atoms with E-state index in [0.29, 0.717) is 11.1 Å². The van der Waals surface area contributed by atoms with Gasteiger partial charge in [0.05, 0.1) is 10.2 Å². The van der Waals surface area contributed by atoms with Gasteiger partial charge in [0.25, 0.3) is 5.91 Å². The Morgan fingerprint density at radius 3 is 2.52 bits per heavy atom. The van der Waals surface area contributed by atoms with Crippen LogP contribution in [0.15, 0.2) is 17.5 Å². The molecule has 3 nitrogen and oxygen atoms in total. The van der Waals surface area contributed by atoms with E-state index in [1.165, 1.54) is 38.5 Å². The van der Waals surface area contributed by atoms with Crippen LogP contribution < -0.4 is 5.32 Å². The SMILES string of the molecule is CC(NC(=O)c1cc2sccc2[nH]1)C12CC3CC(CC(C3)C1)C2. The third-order valence-corrected chi connectivity index (χ3v) is 7.70. The van der Waals surface area contributed by atoms with Crippen molar-refractivity contribution in [2.75, 3.05) is 0 Å². The van der Waals surface area contributed by atoms with Crippen molar-refractivity contribution in [3.63, 3.8) is 0 Å². The Bertz CT molecular complexity index is 695. The molecular formula is C19H24N2OS. The number of amides is 1. The number of aromatic amines is 1. The smallest absolute Gasteiger partial charge is 0.267 e. The minimum absolute atomic E-state index is 0.0663. The molecule has 0 radical (unpaired) electrons. The number of carbonyl (C=O) groups excluding carboxylic acids is 1. The van der Waals surface area contributed by atoms with E-state index >= 15 is 0 Å². The fraction of sp³-hybridized carbons (Fsp3) is 0.632. The van der Waals surface area contributed by atoms with Crippen molar-refractivity contribution in [2.24, 2.45) is 23.2 Å². The first-order valence-corrected chi connectivity index (χ1v) is 9.86. The molecule has 4 heteroatoms. The molecule has 4 saturated carbocycles. The van der Waals surface area contributed by atoms with Gasteiger partial charge in [-0.2, -0.15) is 0 Å². The molecule has 122 valence electrons. The molecule has 4 fully saturated rings. The highest BCUT2D eigenvalue weighted by molar-refractivity contribution is 7.17. The highest BCUT2D eigenvalue weighted by atomic mass is 32.1. The van der Waals surface area contributed by atoms with Gasteiger partial charge >= 0.3 is 0 Å². The van der Waals surface area contributed by atoms with Crippen LogP contribution in [0.3, 0.4) is 0 Å². The Balaban J connectivity index is 1.35. The topological polar surface area (TPSA) is 44.9 Å². The lowest BCUT2D eigenvalue weighted by molar-refractivity contribution is -0.0688. The summed E-state index contributed by atoms with van der Waals surface area (Å²) < 4.78 is 1.16. The molecule has 4 bridgehead atoms. The van der Waals surface area contributed by atoms with Crippen LogP contribution in [0.5, 0.6) is 0 Å². The van der Waals surface area contributed by atoms with Gasteiger partial charge in [0.1, 0.15) is 5.69 Å². The molecule has 6 rings (SSSR count). The molecule has 23 heavy (non-hydrogen) atoms. The molecule has 1 unspecified atom stereocenters. The summed E-state index contributed by atoms with van der Waals surface area (Å²) in [6.07, 6.45) is 8.35. The van der Waals surface area contributed by atoms with Gasteiger partial charge < -0.3 is 10.3 Å². The molecule has 0 saturated heterocycles. The number of rotatable bonds is 3. The predicted molar refractivity (Wildman–Crippen MR) is 93.7 cm³/mol. The van der Waals surface area contributed by atoms with E-state index in [4.69, 9.17) is 0 Å². The maximum absolute atomic E-state index is 12.7. The first-order valence-electron chi connectivity index (χ1n) is 8.98. The second-order valence-electron chi connectivity index (χ2n) is 8.36. The third kappa shape index (κ3) is 2.18. The number of fused-ring (bicyclic) bond motifs is 1. The molecule has 0 aliphatic heterocycles. The lowest BCUT2D eigenvalue weighted by Gasteiger charge is -2.59. The Morgan fingerprint density at radius 1 is 1.26 bits per heavy atom. The number of thiophene rings is 1. The molecular weight excluding hydrogens is 304 g/mol. The zero-order valence-electron chi connectivity index (χ0n) is 13.6. The van der Waals surface area contributed by atoms with Crippen LogP contribution in [0.4, 0.5) is 0 Å². The lowest BCUT2D eigenvalue weighted by atomic mass is 9.48. The molecule has 1 amide bonds. The fourth-order valence-electron chi connectivity index (χ4n) is 6.11. The van der Waals surface area contributed by atoms with Crippen LogP contribution in [-0.4, -0.2) is 16.9 Å². The molecule has 2 heterocycles. The van der Waals surface area contributed by atoms with Gasteiger partial charge in [-0.1, -0.05) is 0 Å². The third-order valence-electron chi connectivity index (χ3n) is 6.84. The molecule has 2 aromatic rings. The Labute approximate surface area is 140 Å². The number of carbonyl (C=O) groups is 1. The summed E-state index contributed by atoms with van der Waals surface area (Å²) >= 11 is 1.68. The first kappa shape index (κ1) is 14.1. The van der Waals surface area contributed by atoms with Gasteiger partial charge in [-0.15, -0.1) is 11.3 Å². The van der Waals surface area contributed by atoms with E-state index in [-0.39, 0.29) is 11.9 Å². The Hall–Kier alpha value is -1.29. The Kier molecular flexibility index (Phi) is 2.97.